The maximum absolute atomic E-state index is 13.3. The summed E-state index contributed by atoms with van der Waals surface area (Å²) in [6.45, 7) is 3.85. The summed E-state index contributed by atoms with van der Waals surface area (Å²) in [7, 11) is 1.79. The number of piperidine rings is 1. The van der Waals surface area contributed by atoms with E-state index < -0.39 is 0 Å². The number of hydrogen-bond donors (Lipinski definition) is 0. The zero-order chi connectivity index (χ0) is 15.8. The molecule has 7 heteroatoms. The van der Waals surface area contributed by atoms with E-state index in [1.54, 1.807) is 19.2 Å². The molecule has 6 nitrogen and oxygen atoms in total. The second-order valence-electron chi connectivity index (χ2n) is 6.42. The van der Waals surface area contributed by atoms with Crippen molar-refractivity contribution >= 4 is 5.69 Å². The average molecular weight is 316 g/mol. The molecule has 23 heavy (non-hydrogen) atoms. The van der Waals surface area contributed by atoms with Crippen molar-refractivity contribution in [2.24, 2.45) is 7.05 Å². The number of nitrogens with zero attached hydrogens (tertiary/aromatic N) is 6. The first-order chi connectivity index (χ1) is 11.2. The second-order valence-corrected chi connectivity index (χ2v) is 6.42. The lowest BCUT2D eigenvalue weighted by Gasteiger charge is -2.37. The van der Waals surface area contributed by atoms with Gasteiger partial charge in [0.15, 0.2) is 5.82 Å². The Hall–Kier alpha value is -2.02. The summed E-state index contributed by atoms with van der Waals surface area (Å²) < 4.78 is 13.3. The number of aryl methyl sites for hydroxylation is 1. The van der Waals surface area contributed by atoms with Gasteiger partial charge in [0.1, 0.15) is 5.82 Å². The van der Waals surface area contributed by atoms with Crippen LogP contribution in [0.5, 0.6) is 0 Å². The minimum absolute atomic E-state index is 0.128. The fourth-order valence-corrected chi connectivity index (χ4v) is 3.75. The molecule has 4 rings (SSSR count). The van der Waals surface area contributed by atoms with Crippen LogP contribution in [0.3, 0.4) is 0 Å². The molecule has 1 aromatic heterocycles. The van der Waals surface area contributed by atoms with Gasteiger partial charge in [0.05, 0.1) is 13.6 Å². The molecule has 2 aliphatic heterocycles. The van der Waals surface area contributed by atoms with Crippen LogP contribution in [0, 0.1) is 5.82 Å². The van der Waals surface area contributed by atoms with Gasteiger partial charge in [-0.3, -0.25) is 4.90 Å². The SMILES string of the molecule is Cn1nnc(CN2CCC(N3CCc4cc(F)ccc43)CC2)n1. The van der Waals surface area contributed by atoms with E-state index in [0.717, 1.165) is 56.8 Å². The van der Waals surface area contributed by atoms with Gasteiger partial charge in [-0.25, -0.2) is 4.39 Å². The van der Waals surface area contributed by atoms with Gasteiger partial charge in [0.2, 0.25) is 0 Å². The molecule has 0 aliphatic carbocycles. The van der Waals surface area contributed by atoms with Gasteiger partial charge in [-0.2, -0.15) is 4.80 Å². The predicted molar refractivity (Wildman–Crippen MR) is 84.5 cm³/mol. The molecular weight excluding hydrogens is 295 g/mol. The Kier molecular flexibility index (Phi) is 3.72. The van der Waals surface area contributed by atoms with Crippen molar-refractivity contribution in [3.63, 3.8) is 0 Å². The molecule has 0 atom stereocenters. The molecule has 2 aromatic rings. The van der Waals surface area contributed by atoms with Gasteiger partial charge >= 0.3 is 0 Å². The van der Waals surface area contributed by atoms with Crippen LogP contribution in [0.2, 0.25) is 0 Å². The van der Waals surface area contributed by atoms with E-state index in [2.05, 4.69) is 25.2 Å². The van der Waals surface area contributed by atoms with Crippen molar-refractivity contribution < 1.29 is 4.39 Å². The molecule has 0 amide bonds. The van der Waals surface area contributed by atoms with Crippen LogP contribution >= 0.6 is 0 Å². The number of benzene rings is 1. The first kappa shape index (κ1) is 14.6. The van der Waals surface area contributed by atoms with E-state index in [1.807, 2.05) is 6.07 Å². The molecule has 2 aliphatic rings. The number of anilines is 1. The monoisotopic (exact) mass is 316 g/mol. The summed E-state index contributed by atoms with van der Waals surface area (Å²) in [5, 5.41) is 12.2. The van der Waals surface area contributed by atoms with Crippen LogP contribution in [-0.2, 0) is 20.0 Å². The molecule has 0 spiro atoms. The van der Waals surface area contributed by atoms with Crippen LogP contribution in [0.25, 0.3) is 0 Å². The van der Waals surface area contributed by atoms with Gasteiger partial charge in [-0.1, -0.05) is 0 Å². The Bertz CT molecular complexity index is 692. The Labute approximate surface area is 134 Å². The Morgan fingerprint density at radius 2 is 2.04 bits per heavy atom. The van der Waals surface area contributed by atoms with Gasteiger partial charge in [-0.15, -0.1) is 10.2 Å². The second kappa shape index (κ2) is 5.88. The molecule has 122 valence electrons. The number of tetrazole rings is 1. The smallest absolute Gasteiger partial charge is 0.188 e. The summed E-state index contributed by atoms with van der Waals surface area (Å²) in [6, 6.07) is 5.75. The normalized spacial score (nSPS) is 19.3. The van der Waals surface area contributed by atoms with Crippen molar-refractivity contribution in [3.05, 3.63) is 35.4 Å². The van der Waals surface area contributed by atoms with Crippen LogP contribution in [0.15, 0.2) is 18.2 Å². The standard InChI is InChI=1S/C16H21FN6/c1-21-19-16(18-20-21)11-22-7-5-14(6-8-22)23-9-4-12-10-13(17)2-3-15(12)23/h2-3,10,14H,4-9,11H2,1H3. The van der Waals surface area contributed by atoms with Crippen LogP contribution in [0.1, 0.15) is 24.2 Å². The zero-order valence-electron chi connectivity index (χ0n) is 13.3. The third kappa shape index (κ3) is 2.93. The molecule has 0 unspecified atom stereocenters. The summed E-state index contributed by atoms with van der Waals surface area (Å²) in [5.41, 5.74) is 2.37. The van der Waals surface area contributed by atoms with Crippen molar-refractivity contribution in [1.82, 2.24) is 25.1 Å². The summed E-state index contributed by atoms with van der Waals surface area (Å²) in [5.74, 6) is 0.657. The van der Waals surface area contributed by atoms with Crippen molar-refractivity contribution in [3.8, 4) is 0 Å². The maximum Gasteiger partial charge on any atom is 0.188 e. The quantitative estimate of drug-likeness (QED) is 0.856. The average Bonchev–Trinajstić information content (AvgIpc) is 3.14. The number of likely N-dealkylation sites (tertiary alicyclic amines) is 1. The molecule has 0 saturated carbocycles. The summed E-state index contributed by atoms with van der Waals surface area (Å²) in [6.07, 6.45) is 3.20. The van der Waals surface area contributed by atoms with Crippen LogP contribution < -0.4 is 4.90 Å². The van der Waals surface area contributed by atoms with Gasteiger partial charge < -0.3 is 4.90 Å². The van der Waals surface area contributed by atoms with E-state index in [1.165, 1.54) is 10.5 Å². The first-order valence-electron chi connectivity index (χ1n) is 8.19. The van der Waals surface area contributed by atoms with Gasteiger partial charge in [-0.05, 0) is 48.2 Å². The van der Waals surface area contributed by atoms with E-state index in [4.69, 9.17) is 0 Å². The lowest BCUT2D eigenvalue weighted by molar-refractivity contribution is 0.197. The molecule has 0 N–H and O–H groups in total. The number of hydrogen-bond acceptors (Lipinski definition) is 5. The van der Waals surface area contributed by atoms with Crippen molar-refractivity contribution in [1.29, 1.82) is 0 Å². The van der Waals surface area contributed by atoms with Crippen molar-refractivity contribution in [2.45, 2.75) is 31.8 Å². The minimum atomic E-state index is -0.128. The number of aromatic nitrogens is 4. The van der Waals surface area contributed by atoms with Gasteiger partial charge in [0, 0.05) is 31.4 Å². The van der Waals surface area contributed by atoms with Crippen molar-refractivity contribution in [2.75, 3.05) is 24.5 Å². The number of rotatable bonds is 3. The third-order valence-corrected chi connectivity index (χ3v) is 4.89. The molecular formula is C16H21FN6. The fourth-order valence-electron chi connectivity index (χ4n) is 3.75. The van der Waals surface area contributed by atoms with Gasteiger partial charge in [0.25, 0.3) is 0 Å². The topological polar surface area (TPSA) is 50.1 Å². The fraction of sp³-hybridized carbons (Fsp3) is 0.562. The highest BCUT2D eigenvalue weighted by molar-refractivity contribution is 5.58. The molecule has 1 aromatic carbocycles. The molecule has 3 heterocycles. The lowest BCUT2D eigenvalue weighted by atomic mass is 10.0. The third-order valence-electron chi connectivity index (χ3n) is 4.89. The zero-order valence-corrected chi connectivity index (χ0v) is 13.3. The summed E-state index contributed by atoms with van der Waals surface area (Å²) in [4.78, 5) is 6.35. The molecule has 1 saturated heterocycles. The van der Waals surface area contributed by atoms with Crippen LogP contribution in [0.4, 0.5) is 10.1 Å². The maximum atomic E-state index is 13.3. The van der Waals surface area contributed by atoms with E-state index >= 15 is 0 Å². The Morgan fingerprint density at radius 1 is 1.22 bits per heavy atom. The molecule has 1 fully saturated rings. The lowest BCUT2D eigenvalue weighted by Crippen LogP contribution is -2.44. The largest absolute Gasteiger partial charge is 0.368 e. The number of halogens is 1. The van der Waals surface area contributed by atoms with E-state index in [-0.39, 0.29) is 5.82 Å². The highest BCUT2D eigenvalue weighted by Crippen LogP contribution is 2.33. The summed E-state index contributed by atoms with van der Waals surface area (Å²) >= 11 is 0. The highest BCUT2D eigenvalue weighted by Gasteiger charge is 2.29. The Balaban J connectivity index is 1.37. The highest BCUT2D eigenvalue weighted by atomic mass is 19.1. The molecule has 0 bridgehead atoms. The van der Waals surface area contributed by atoms with E-state index in [0.29, 0.717) is 6.04 Å². The Morgan fingerprint density at radius 3 is 2.78 bits per heavy atom. The molecule has 0 radical (unpaired) electrons. The van der Waals surface area contributed by atoms with E-state index in [9.17, 15) is 4.39 Å². The minimum Gasteiger partial charge on any atom is -0.368 e. The number of fused-ring (bicyclic) bond motifs is 1. The predicted octanol–water partition coefficient (Wildman–Crippen LogP) is 1.38. The van der Waals surface area contributed by atoms with Crippen LogP contribution in [-0.4, -0.2) is 50.8 Å². The first-order valence-corrected chi connectivity index (χ1v) is 8.19.